The lowest BCUT2D eigenvalue weighted by molar-refractivity contribution is 0.0738. The molecule has 1 aromatic heterocycles. The molecule has 0 saturated carbocycles. The van der Waals surface area contributed by atoms with Gasteiger partial charge in [0, 0.05) is 25.0 Å². The Bertz CT molecular complexity index is 397. The van der Waals surface area contributed by atoms with E-state index in [2.05, 4.69) is 9.98 Å². The minimum Gasteiger partial charge on any atom is -0.384 e. The number of aliphatic hydroxyl groups is 1. The van der Waals surface area contributed by atoms with Crippen LogP contribution in [-0.4, -0.2) is 23.4 Å². The molecule has 86 valence electrons. The number of allylic oxidation sites excluding steroid dienone is 2. The Kier molecular flexibility index (Phi) is 3.96. The van der Waals surface area contributed by atoms with E-state index in [4.69, 9.17) is 0 Å². The first-order chi connectivity index (χ1) is 7.49. The van der Waals surface area contributed by atoms with Crippen molar-refractivity contribution in [3.05, 3.63) is 35.7 Å². The number of hydrogen-bond acceptors (Lipinski definition) is 3. The van der Waals surface area contributed by atoms with Crippen LogP contribution in [0.25, 0.3) is 5.57 Å². The molecule has 0 fully saturated rings. The van der Waals surface area contributed by atoms with Gasteiger partial charge < -0.3 is 5.11 Å². The van der Waals surface area contributed by atoms with E-state index >= 15 is 0 Å². The van der Waals surface area contributed by atoms with Crippen LogP contribution in [0.1, 0.15) is 32.0 Å². The van der Waals surface area contributed by atoms with E-state index in [1.165, 1.54) is 0 Å². The Morgan fingerprint density at radius 1 is 1.44 bits per heavy atom. The van der Waals surface area contributed by atoms with E-state index < -0.39 is 5.60 Å². The Hall–Kier alpha value is -1.48. The van der Waals surface area contributed by atoms with Gasteiger partial charge in [0.25, 0.3) is 0 Å². The lowest BCUT2D eigenvalue weighted by atomic mass is 10.0. The summed E-state index contributed by atoms with van der Waals surface area (Å²) >= 11 is 0. The zero-order valence-corrected chi connectivity index (χ0v) is 10.2. The van der Waals surface area contributed by atoms with E-state index in [9.17, 15) is 5.11 Å². The number of aliphatic imine (C=N–C) groups is 1. The van der Waals surface area contributed by atoms with Crippen molar-refractivity contribution >= 4 is 11.8 Å². The molecule has 3 heteroatoms. The van der Waals surface area contributed by atoms with Crippen molar-refractivity contribution in [2.24, 2.45) is 4.99 Å². The molecule has 16 heavy (non-hydrogen) atoms. The van der Waals surface area contributed by atoms with Crippen LogP contribution in [-0.2, 0) is 5.60 Å². The van der Waals surface area contributed by atoms with Crippen molar-refractivity contribution in [3.8, 4) is 0 Å². The summed E-state index contributed by atoms with van der Waals surface area (Å²) in [6, 6.07) is 3.78. The fraction of sp³-hybridized carbons (Fsp3) is 0.385. The normalized spacial score (nSPS) is 13.4. The third-order valence-corrected chi connectivity index (χ3v) is 2.30. The fourth-order valence-corrected chi connectivity index (χ4v) is 1.38. The van der Waals surface area contributed by atoms with Crippen LogP contribution < -0.4 is 0 Å². The van der Waals surface area contributed by atoms with Gasteiger partial charge in [0.1, 0.15) is 5.60 Å². The molecule has 1 rings (SSSR count). The van der Waals surface area contributed by atoms with Crippen molar-refractivity contribution in [1.29, 1.82) is 0 Å². The van der Waals surface area contributed by atoms with Crippen molar-refractivity contribution in [3.63, 3.8) is 0 Å². The third-order valence-electron chi connectivity index (χ3n) is 2.30. The van der Waals surface area contributed by atoms with Crippen molar-refractivity contribution in [2.75, 3.05) is 7.05 Å². The average molecular weight is 218 g/mol. The Balaban J connectivity index is 3.04. The molecule has 0 atom stereocenters. The molecule has 0 aliphatic heterocycles. The first-order valence-corrected chi connectivity index (χ1v) is 5.26. The van der Waals surface area contributed by atoms with Crippen LogP contribution in [0.4, 0.5) is 0 Å². The quantitative estimate of drug-likeness (QED) is 0.792. The van der Waals surface area contributed by atoms with Crippen molar-refractivity contribution < 1.29 is 5.11 Å². The number of aromatic nitrogens is 1. The third kappa shape index (κ3) is 3.00. The first kappa shape index (κ1) is 12.6. The minimum absolute atomic E-state index is 0.667. The molecule has 0 aliphatic carbocycles. The molecule has 0 unspecified atom stereocenters. The van der Waals surface area contributed by atoms with Crippen LogP contribution in [0, 0.1) is 0 Å². The Morgan fingerprint density at radius 3 is 2.50 bits per heavy atom. The second kappa shape index (κ2) is 5.03. The molecular formula is C13H18N2O. The van der Waals surface area contributed by atoms with E-state index in [0.717, 1.165) is 11.1 Å². The molecule has 0 aromatic carbocycles. The molecule has 1 heterocycles. The van der Waals surface area contributed by atoms with Crippen LogP contribution >= 0.6 is 0 Å². The molecule has 0 spiro atoms. The summed E-state index contributed by atoms with van der Waals surface area (Å²) < 4.78 is 0. The van der Waals surface area contributed by atoms with Crippen LogP contribution in [0.15, 0.2) is 29.4 Å². The molecule has 0 bridgehead atoms. The fourth-order valence-electron chi connectivity index (χ4n) is 1.38. The van der Waals surface area contributed by atoms with Gasteiger partial charge in [-0.15, -0.1) is 0 Å². The summed E-state index contributed by atoms with van der Waals surface area (Å²) in [7, 11) is 1.74. The van der Waals surface area contributed by atoms with Crippen LogP contribution in [0.2, 0.25) is 0 Å². The SMILES string of the molecule is CC=C(C=NC)c1ccc(C(C)(C)O)nc1. The zero-order chi connectivity index (χ0) is 12.2. The summed E-state index contributed by atoms with van der Waals surface area (Å²) in [4.78, 5) is 8.23. The summed E-state index contributed by atoms with van der Waals surface area (Å²) in [5, 5.41) is 9.78. The smallest absolute Gasteiger partial charge is 0.101 e. The van der Waals surface area contributed by atoms with Gasteiger partial charge in [0.2, 0.25) is 0 Å². The second-order valence-corrected chi connectivity index (χ2v) is 4.12. The minimum atomic E-state index is -0.895. The van der Waals surface area contributed by atoms with Gasteiger partial charge >= 0.3 is 0 Å². The van der Waals surface area contributed by atoms with Gasteiger partial charge in [-0.2, -0.15) is 0 Å². The van der Waals surface area contributed by atoms with Gasteiger partial charge in [0.15, 0.2) is 0 Å². The molecule has 0 radical (unpaired) electrons. The van der Waals surface area contributed by atoms with Crippen molar-refractivity contribution in [1.82, 2.24) is 4.98 Å². The lowest BCUT2D eigenvalue weighted by Crippen LogP contribution is -2.17. The van der Waals surface area contributed by atoms with Gasteiger partial charge in [-0.05, 0) is 32.4 Å². The largest absolute Gasteiger partial charge is 0.384 e. The molecule has 1 N–H and O–H groups in total. The standard InChI is InChI=1S/C13H18N2O/c1-5-10(8-14-4)11-6-7-12(15-9-11)13(2,3)16/h5-9,16H,1-4H3. The number of nitrogens with zero attached hydrogens (tertiary/aromatic N) is 2. The lowest BCUT2D eigenvalue weighted by Gasteiger charge is -2.16. The Morgan fingerprint density at radius 2 is 2.12 bits per heavy atom. The average Bonchev–Trinajstić information content (AvgIpc) is 2.25. The van der Waals surface area contributed by atoms with E-state index in [1.807, 2.05) is 25.1 Å². The van der Waals surface area contributed by atoms with Gasteiger partial charge in [0.05, 0.1) is 5.69 Å². The van der Waals surface area contributed by atoms with Gasteiger partial charge in [-0.3, -0.25) is 9.98 Å². The molecule has 1 aromatic rings. The van der Waals surface area contributed by atoms with Crippen LogP contribution in [0.3, 0.4) is 0 Å². The van der Waals surface area contributed by atoms with Crippen LogP contribution in [0.5, 0.6) is 0 Å². The second-order valence-electron chi connectivity index (χ2n) is 4.12. The predicted molar refractivity (Wildman–Crippen MR) is 67.5 cm³/mol. The predicted octanol–water partition coefficient (Wildman–Crippen LogP) is 2.41. The summed E-state index contributed by atoms with van der Waals surface area (Å²) in [6.07, 6.45) is 5.53. The highest BCUT2D eigenvalue weighted by Gasteiger charge is 2.17. The van der Waals surface area contributed by atoms with E-state index in [-0.39, 0.29) is 0 Å². The molecule has 0 aliphatic rings. The van der Waals surface area contributed by atoms with Crippen molar-refractivity contribution in [2.45, 2.75) is 26.4 Å². The summed E-state index contributed by atoms with van der Waals surface area (Å²) in [5.74, 6) is 0. The molecule has 3 nitrogen and oxygen atoms in total. The monoisotopic (exact) mass is 218 g/mol. The summed E-state index contributed by atoms with van der Waals surface area (Å²) in [6.45, 7) is 5.40. The highest BCUT2D eigenvalue weighted by Crippen LogP contribution is 2.19. The van der Waals surface area contributed by atoms with E-state index in [1.54, 1.807) is 33.3 Å². The van der Waals surface area contributed by atoms with Gasteiger partial charge in [-0.25, -0.2) is 0 Å². The number of hydrogen-bond donors (Lipinski definition) is 1. The zero-order valence-electron chi connectivity index (χ0n) is 10.2. The number of rotatable bonds is 3. The maximum Gasteiger partial charge on any atom is 0.101 e. The number of pyridine rings is 1. The summed E-state index contributed by atoms with van der Waals surface area (Å²) in [5.41, 5.74) is 1.80. The molecule has 0 saturated heterocycles. The topological polar surface area (TPSA) is 45.5 Å². The van der Waals surface area contributed by atoms with Gasteiger partial charge in [-0.1, -0.05) is 12.1 Å². The highest BCUT2D eigenvalue weighted by atomic mass is 16.3. The maximum atomic E-state index is 9.78. The first-order valence-electron chi connectivity index (χ1n) is 5.26. The van der Waals surface area contributed by atoms with E-state index in [0.29, 0.717) is 5.69 Å². The molecule has 0 amide bonds. The highest BCUT2D eigenvalue weighted by molar-refractivity contribution is 6.09. The Labute approximate surface area is 96.6 Å². The maximum absolute atomic E-state index is 9.78. The molecular weight excluding hydrogens is 200 g/mol.